The zero-order valence-electron chi connectivity index (χ0n) is 30.3. The smallest absolute Gasteiger partial charge is 0.248 e. The second kappa shape index (κ2) is 17.3. The normalized spacial score (nSPS) is 13.8. The van der Waals surface area contributed by atoms with Crippen molar-refractivity contribution in [2.24, 2.45) is 9.98 Å². The van der Waals surface area contributed by atoms with Crippen LogP contribution in [0.3, 0.4) is 0 Å². The molecule has 2 amide bonds. The van der Waals surface area contributed by atoms with E-state index in [1.807, 2.05) is 120 Å². The first kappa shape index (κ1) is 36.6. The van der Waals surface area contributed by atoms with E-state index >= 15 is 0 Å². The maximum atomic E-state index is 12.6. The Hall–Kier alpha value is -5.64. The van der Waals surface area contributed by atoms with Crippen LogP contribution < -0.4 is 28.7 Å². The van der Waals surface area contributed by atoms with E-state index in [9.17, 15) is 9.59 Å². The van der Waals surface area contributed by atoms with Gasteiger partial charge in [-0.15, -0.1) is 0 Å². The van der Waals surface area contributed by atoms with Crippen LogP contribution in [0.1, 0.15) is 56.9 Å². The number of benzodiazepines with no additional fused rings is 2. The van der Waals surface area contributed by atoms with Gasteiger partial charge < -0.3 is 28.7 Å². The minimum atomic E-state index is -0.0567. The molecule has 0 aromatic heterocycles. The Labute approximate surface area is 300 Å². The summed E-state index contributed by atoms with van der Waals surface area (Å²) in [5, 5.41) is 0. The van der Waals surface area contributed by atoms with E-state index in [4.69, 9.17) is 18.9 Å². The zero-order valence-corrected chi connectivity index (χ0v) is 30.3. The molecule has 4 aromatic carbocycles. The van der Waals surface area contributed by atoms with Crippen LogP contribution in [0.5, 0.6) is 23.0 Å². The number of likely N-dealkylation sites (N-methyl/N-ethyl adjacent to an activating group) is 2. The van der Waals surface area contributed by atoms with E-state index < -0.39 is 0 Å². The fraction of sp³-hybridized carbons (Fsp3) is 0.317. The van der Waals surface area contributed by atoms with E-state index in [0.717, 1.165) is 45.1 Å². The molecule has 266 valence electrons. The molecule has 2 aliphatic heterocycles. The number of hydrogen-bond acceptors (Lipinski definition) is 8. The lowest BCUT2D eigenvalue weighted by atomic mass is 9.99. The van der Waals surface area contributed by atoms with Crippen molar-refractivity contribution in [2.75, 3.05) is 62.9 Å². The first-order chi connectivity index (χ1) is 24.8. The molecule has 0 bridgehead atoms. The average Bonchev–Trinajstić information content (AvgIpc) is 3.36. The van der Waals surface area contributed by atoms with Crippen LogP contribution >= 0.6 is 0 Å². The molecule has 4 aromatic rings. The number of fused-ring (bicyclic) bond motifs is 2. The molecule has 2 aliphatic rings. The summed E-state index contributed by atoms with van der Waals surface area (Å²) in [6.45, 7) is 12.6. The first-order valence-corrected chi connectivity index (χ1v) is 17.5. The minimum absolute atomic E-state index is 0.0220. The molecule has 10 heteroatoms. The number of nitrogens with zero attached hydrogens (tertiary/aromatic N) is 4. The molecule has 0 radical (unpaired) electrons. The van der Waals surface area contributed by atoms with E-state index in [2.05, 4.69) is 9.98 Å². The van der Waals surface area contributed by atoms with Crippen molar-refractivity contribution in [3.63, 3.8) is 0 Å². The van der Waals surface area contributed by atoms with Gasteiger partial charge in [0.05, 0.1) is 49.2 Å². The predicted octanol–water partition coefficient (Wildman–Crippen LogP) is 6.99. The Balaban J connectivity index is 0.000000198. The second-order valence-corrected chi connectivity index (χ2v) is 11.5. The second-order valence-electron chi connectivity index (χ2n) is 11.5. The summed E-state index contributed by atoms with van der Waals surface area (Å²) in [7, 11) is 1.76. The molecule has 0 saturated heterocycles. The number of ether oxygens (including phenoxy) is 4. The molecular weight excluding hydrogens is 644 g/mol. The zero-order chi connectivity index (χ0) is 36.3. The molecule has 0 unspecified atom stereocenters. The van der Waals surface area contributed by atoms with E-state index in [0.29, 0.717) is 56.0 Å². The number of carbonyl (C=O) groups is 2. The third kappa shape index (κ3) is 8.23. The fourth-order valence-corrected chi connectivity index (χ4v) is 6.01. The summed E-state index contributed by atoms with van der Waals surface area (Å²) in [5.41, 5.74) is 6.87. The highest BCUT2D eigenvalue weighted by molar-refractivity contribution is 6.21. The van der Waals surface area contributed by atoms with Crippen molar-refractivity contribution >= 4 is 34.6 Å². The van der Waals surface area contributed by atoms with Crippen LogP contribution in [-0.4, -0.2) is 76.3 Å². The number of carbonyl (C=O) groups excluding carboxylic acids is 2. The molecule has 10 nitrogen and oxygen atoms in total. The van der Waals surface area contributed by atoms with Crippen molar-refractivity contribution in [3.05, 3.63) is 107 Å². The number of rotatable bonds is 11. The Morgan fingerprint density at radius 1 is 0.549 bits per heavy atom. The average molecular weight is 691 g/mol. The van der Waals surface area contributed by atoms with Gasteiger partial charge >= 0.3 is 0 Å². The Morgan fingerprint density at radius 3 is 1.37 bits per heavy atom. The van der Waals surface area contributed by atoms with Gasteiger partial charge in [-0.25, -0.2) is 0 Å². The van der Waals surface area contributed by atoms with Crippen molar-refractivity contribution in [1.29, 1.82) is 0 Å². The van der Waals surface area contributed by atoms with Crippen molar-refractivity contribution in [3.8, 4) is 23.0 Å². The number of amides is 2. The van der Waals surface area contributed by atoms with Crippen LogP contribution in [0.4, 0.5) is 11.4 Å². The summed E-state index contributed by atoms with van der Waals surface area (Å²) >= 11 is 0. The lowest BCUT2D eigenvalue weighted by Gasteiger charge is -2.23. The molecule has 6 rings (SSSR count). The maximum Gasteiger partial charge on any atom is 0.248 e. The van der Waals surface area contributed by atoms with Crippen molar-refractivity contribution < 1.29 is 28.5 Å². The third-order valence-electron chi connectivity index (χ3n) is 8.32. The molecular formula is C41H46N4O6. The topological polar surface area (TPSA) is 102 Å². The van der Waals surface area contributed by atoms with Gasteiger partial charge in [-0.2, -0.15) is 0 Å². The van der Waals surface area contributed by atoms with Crippen LogP contribution in [0.2, 0.25) is 0 Å². The monoisotopic (exact) mass is 690 g/mol. The minimum Gasteiger partial charge on any atom is -0.490 e. The summed E-state index contributed by atoms with van der Waals surface area (Å²) in [6.07, 6.45) is 0. The van der Waals surface area contributed by atoms with Gasteiger partial charge in [0.1, 0.15) is 13.1 Å². The number of benzene rings is 4. The van der Waals surface area contributed by atoms with Crippen LogP contribution in [0.25, 0.3) is 0 Å². The molecule has 0 saturated carbocycles. The van der Waals surface area contributed by atoms with Gasteiger partial charge in [0.2, 0.25) is 11.8 Å². The molecule has 0 fully saturated rings. The molecule has 0 spiro atoms. The lowest BCUT2D eigenvalue weighted by molar-refractivity contribution is -0.117. The van der Waals surface area contributed by atoms with Gasteiger partial charge in [0.25, 0.3) is 0 Å². The molecule has 0 aliphatic carbocycles. The van der Waals surface area contributed by atoms with E-state index in [-0.39, 0.29) is 24.9 Å². The number of aliphatic imine (C=N–C) groups is 2. The maximum absolute atomic E-state index is 12.6. The SMILES string of the molecule is CCOc1cc2c(cc1OCC)N(C)C(=O)CN=C2c1ccccc1.CCOc1cc2c(cc1OCC)N(CC)C(=O)CN=C2c1ccccc1. The number of anilines is 2. The van der Waals surface area contributed by atoms with Crippen molar-refractivity contribution in [1.82, 2.24) is 0 Å². The summed E-state index contributed by atoms with van der Waals surface area (Å²) < 4.78 is 23.0. The van der Waals surface area contributed by atoms with Crippen molar-refractivity contribution in [2.45, 2.75) is 34.6 Å². The highest BCUT2D eigenvalue weighted by atomic mass is 16.5. The Morgan fingerprint density at radius 2 is 0.941 bits per heavy atom. The molecule has 51 heavy (non-hydrogen) atoms. The van der Waals surface area contributed by atoms with Gasteiger partial charge in [0, 0.05) is 48.0 Å². The summed E-state index contributed by atoms with van der Waals surface area (Å²) in [4.78, 5) is 37.6. The third-order valence-corrected chi connectivity index (χ3v) is 8.32. The first-order valence-electron chi connectivity index (χ1n) is 17.5. The summed E-state index contributed by atoms with van der Waals surface area (Å²) in [5.74, 6) is 2.53. The number of hydrogen-bond donors (Lipinski definition) is 0. The standard InChI is InChI=1S/C21H24N2O3.C20H22N2O3/c1-4-23-17-13-19(26-6-3)18(25-5-2)12-16(17)21(22-14-20(23)24)15-10-8-7-9-11-15;1-4-24-17-11-15-16(12-18(17)25-5-2)22(3)19(23)13-21-20(15)14-9-7-6-8-10-14/h7-13H,4-6,14H2,1-3H3;6-12H,4-5,13H2,1-3H3. The highest BCUT2D eigenvalue weighted by Crippen LogP contribution is 2.39. The van der Waals surface area contributed by atoms with Gasteiger partial charge in [-0.05, 0) is 46.8 Å². The molecule has 2 heterocycles. The molecule has 0 atom stereocenters. The fourth-order valence-electron chi connectivity index (χ4n) is 6.01. The predicted molar refractivity (Wildman–Crippen MR) is 203 cm³/mol. The van der Waals surface area contributed by atoms with Crippen LogP contribution in [0, 0.1) is 0 Å². The Bertz CT molecular complexity index is 1890. The van der Waals surface area contributed by atoms with Gasteiger partial charge in [-0.3, -0.25) is 19.6 Å². The van der Waals surface area contributed by atoms with Crippen LogP contribution in [0.15, 0.2) is 94.9 Å². The highest BCUT2D eigenvalue weighted by Gasteiger charge is 2.27. The molecule has 0 N–H and O–H groups in total. The van der Waals surface area contributed by atoms with E-state index in [1.165, 1.54) is 0 Å². The van der Waals surface area contributed by atoms with E-state index in [1.54, 1.807) is 16.8 Å². The Kier molecular flexibility index (Phi) is 12.5. The quantitative estimate of drug-likeness (QED) is 0.168. The van der Waals surface area contributed by atoms with Gasteiger partial charge in [-0.1, -0.05) is 60.7 Å². The largest absolute Gasteiger partial charge is 0.490 e. The summed E-state index contributed by atoms with van der Waals surface area (Å²) in [6, 6.07) is 27.4. The van der Waals surface area contributed by atoms with Crippen LogP contribution in [-0.2, 0) is 9.59 Å². The lowest BCUT2D eigenvalue weighted by Crippen LogP contribution is -2.32. The van der Waals surface area contributed by atoms with Gasteiger partial charge in [0.15, 0.2) is 23.0 Å².